The molecule has 10 rings (SSSR count). The summed E-state index contributed by atoms with van der Waals surface area (Å²) in [6.45, 7) is 4.55. The largest absolute Gasteiger partial charge is 0.383 e. The summed E-state index contributed by atoms with van der Waals surface area (Å²) in [5.41, 5.74) is 23.5. The maximum absolute atomic E-state index is 6.97. The van der Waals surface area contributed by atoms with E-state index in [-0.39, 0.29) is 23.8 Å². The Morgan fingerprint density at radius 3 is 1.94 bits per heavy atom. The molecule has 4 nitrogen and oxygen atoms in total. The van der Waals surface area contributed by atoms with E-state index >= 15 is 0 Å². The summed E-state index contributed by atoms with van der Waals surface area (Å²) < 4.78 is 0. The van der Waals surface area contributed by atoms with Gasteiger partial charge in [0.05, 0.1) is 28.6 Å². The molecular weight excluding hydrogens is 789 g/mol. The van der Waals surface area contributed by atoms with Crippen molar-refractivity contribution in [2.45, 2.75) is 25.8 Å². The Bertz CT molecular complexity index is 3130. The van der Waals surface area contributed by atoms with Crippen LogP contribution in [0, 0.1) is 11.8 Å². The molecule has 4 unspecified atom stereocenters. The van der Waals surface area contributed by atoms with Gasteiger partial charge in [0.15, 0.2) is 0 Å². The summed E-state index contributed by atoms with van der Waals surface area (Å²) >= 11 is 0. The molecule has 0 bridgehead atoms. The van der Waals surface area contributed by atoms with Crippen molar-refractivity contribution in [3.05, 3.63) is 258 Å². The van der Waals surface area contributed by atoms with E-state index in [2.05, 4.69) is 244 Å². The first-order valence-electron chi connectivity index (χ1n) is 22.7. The molecule has 2 heterocycles. The number of aromatic nitrogens is 1. The zero-order chi connectivity index (χ0) is 44.3. The number of rotatable bonds is 10. The van der Waals surface area contributed by atoms with Gasteiger partial charge in [-0.3, -0.25) is 0 Å². The van der Waals surface area contributed by atoms with E-state index in [4.69, 9.17) is 15.7 Å². The predicted octanol–water partition coefficient (Wildman–Crippen LogP) is 14.3. The van der Waals surface area contributed by atoms with Crippen LogP contribution in [0.5, 0.6) is 0 Å². The molecule has 0 saturated heterocycles. The van der Waals surface area contributed by atoms with Crippen LogP contribution in [0.15, 0.2) is 229 Å². The number of benzene rings is 7. The highest BCUT2D eigenvalue weighted by molar-refractivity contribution is 6.03. The summed E-state index contributed by atoms with van der Waals surface area (Å²) in [7, 11) is 2.24. The van der Waals surface area contributed by atoms with E-state index in [9.17, 15) is 0 Å². The van der Waals surface area contributed by atoms with Crippen molar-refractivity contribution in [1.82, 2.24) is 4.98 Å². The van der Waals surface area contributed by atoms with Gasteiger partial charge >= 0.3 is 0 Å². The summed E-state index contributed by atoms with van der Waals surface area (Å²) in [4.78, 5) is 13.0. The molecule has 1 aliphatic carbocycles. The number of aliphatic imine (C=N–C) groups is 1. The second-order valence-electron chi connectivity index (χ2n) is 17.3. The molecule has 1 aromatic heterocycles. The number of amidine groups is 1. The molecule has 4 atom stereocenters. The minimum Gasteiger partial charge on any atom is -0.383 e. The van der Waals surface area contributed by atoms with E-state index in [0.29, 0.717) is 5.84 Å². The van der Waals surface area contributed by atoms with E-state index in [1.165, 1.54) is 39.1 Å². The van der Waals surface area contributed by atoms with Crippen LogP contribution in [0.4, 0.5) is 5.69 Å². The van der Waals surface area contributed by atoms with Gasteiger partial charge in [0.2, 0.25) is 0 Å². The lowest BCUT2D eigenvalue weighted by Gasteiger charge is -2.41. The van der Waals surface area contributed by atoms with Crippen LogP contribution in [0.25, 0.3) is 50.1 Å². The van der Waals surface area contributed by atoms with Crippen LogP contribution in [0.1, 0.15) is 53.1 Å². The Balaban J connectivity index is 0.963. The minimum atomic E-state index is 0.0916. The molecule has 1 aliphatic heterocycles. The lowest BCUT2D eigenvalue weighted by atomic mass is 9.77. The number of likely N-dealkylation sites (N-methyl/N-ethyl adjacent to an activating group) is 1. The van der Waals surface area contributed by atoms with Crippen molar-refractivity contribution in [1.29, 1.82) is 0 Å². The molecular formula is C61H52N4. The number of pyridine rings is 1. The van der Waals surface area contributed by atoms with E-state index in [1.807, 2.05) is 6.07 Å². The molecule has 0 amide bonds. The lowest BCUT2D eigenvalue weighted by Crippen LogP contribution is -2.41. The number of nitrogens with zero attached hydrogens (tertiary/aromatic N) is 3. The summed E-state index contributed by atoms with van der Waals surface area (Å²) in [6.07, 6.45) is 11.8. The van der Waals surface area contributed by atoms with Crippen molar-refractivity contribution >= 4 is 39.3 Å². The lowest BCUT2D eigenvalue weighted by molar-refractivity contribution is 0.449. The number of hydrogen-bond acceptors (Lipinski definition) is 3. The smallest absolute Gasteiger partial charge is 0.131 e. The van der Waals surface area contributed by atoms with Gasteiger partial charge in [-0.2, -0.15) is 0 Å². The number of hydrogen-bond donors (Lipinski definition) is 1. The first-order valence-corrected chi connectivity index (χ1v) is 22.7. The zero-order valence-electron chi connectivity index (χ0n) is 37.1. The van der Waals surface area contributed by atoms with Crippen molar-refractivity contribution in [2.24, 2.45) is 22.6 Å². The Hall–Kier alpha value is -7.82. The maximum atomic E-state index is 6.97. The first kappa shape index (κ1) is 41.2. The van der Waals surface area contributed by atoms with Gasteiger partial charge in [-0.25, -0.2) is 9.98 Å². The highest BCUT2D eigenvalue weighted by atomic mass is 15.2. The quantitative estimate of drug-likeness (QED) is 0.110. The monoisotopic (exact) mass is 840 g/mol. The Morgan fingerprint density at radius 2 is 1.25 bits per heavy atom. The minimum absolute atomic E-state index is 0.0916. The molecule has 2 aliphatic rings. The fourth-order valence-corrected chi connectivity index (χ4v) is 9.54. The SMILES string of the molecule is CC(/C=C(\N=C(/N)c1cccc(C2=CC(C)C(C3C=C(c4ccccc4)c4ccc5ccc(-c6ccccc6)nc5c4N3C)C=C2)c1)c1ccc(-c2ccccc2)cc1)c1ccccc1. The zero-order valence-corrected chi connectivity index (χ0v) is 37.1. The Morgan fingerprint density at radius 1 is 0.631 bits per heavy atom. The normalized spacial score (nSPS) is 17.9. The molecule has 0 radical (unpaired) electrons. The fraction of sp³-hybridized carbons (Fsp3) is 0.115. The predicted molar refractivity (Wildman–Crippen MR) is 275 cm³/mol. The van der Waals surface area contributed by atoms with Gasteiger partial charge < -0.3 is 10.6 Å². The summed E-state index contributed by atoms with van der Waals surface area (Å²) in [6, 6.07) is 68.3. The molecule has 65 heavy (non-hydrogen) atoms. The van der Waals surface area contributed by atoms with Gasteiger partial charge in [0.1, 0.15) is 5.84 Å². The van der Waals surface area contributed by atoms with Gasteiger partial charge in [-0.15, -0.1) is 0 Å². The van der Waals surface area contributed by atoms with Crippen LogP contribution in [0.2, 0.25) is 0 Å². The van der Waals surface area contributed by atoms with E-state index in [0.717, 1.165) is 50.1 Å². The van der Waals surface area contributed by atoms with Gasteiger partial charge in [-0.05, 0) is 62.6 Å². The van der Waals surface area contributed by atoms with Gasteiger partial charge in [0, 0.05) is 41.0 Å². The van der Waals surface area contributed by atoms with Crippen LogP contribution in [-0.2, 0) is 0 Å². The van der Waals surface area contributed by atoms with Crippen LogP contribution in [-0.4, -0.2) is 23.9 Å². The Kier molecular flexibility index (Phi) is 11.5. The third kappa shape index (κ3) is 8.51. The third-order valence-corrected chi connectivity index (χ3v) is 13.1. The van der Waals surface area contributed by atoms with Gasteiger partial charge in [-0.1, -0.05) is 226 Å². The van der Waals surface area contributed by atoms with Crippen molar-refractivity contribution in [3.63, 3.8) is 0 Å². The standard InChI is InChI=1S/C61H52N4/c1-41(43-17-8-4-9-18-43)38-57(48-29-27-45(28-30-48)44-19-10-5-11-20-44)64-61(62)52-26-16-25-50(39-52)51-32-34-53(42(2)37-51)58-40-55(46-21-12-6-13-22-46)54-35-31-49-33-36-56(47-23-14-7-15-24-47)63-59(49)60(54)65(58)3/h4-42,53,58H,1-3H3,(H2,62,64)/b57-38-. The molecule has 4 heteroatoms. The molecule has 0 saturated carbocycles. The molecule has 8 aromatic rings. The molecule has 0 fully saturated rings. The highest BCUT2D eigenvalue weighted by Crippen LogP contribution is 2.45. The molecule has 316 valence electrons. The molecule has 2 N–H and O–H groups in total. The fourth-order valence-electron chi connectivity index (χ4n) is 9.54. The third-order valence-electron chi connectivity index (χ3n) is 13.1. The maximum Gasteiger partial charge on any atom is 0.131 e. The number of nitrogens with two attached hydrogens (primary N) is 1. The molecule has 0 spiro atoms. The van der Waals surface area contributed by atoms with Crippen molar-refractivity contribution in [3.8, 4) is 22.4 Å². The second-order valence-corrected chi connectivity index (χ2v) is 17.3. The van der Waals surface area contributed by atoms with Crippen LogP contribution in [0.3, 0.4) is 0 Å². The number of anilines is 1. The van der Waals surface area contributed by atoms with E-state index < -0.39 is 0 Å². The van der Waals surface area contributed by atoms with Crippen molar-refractivity contribution in [2.75, 3.05) is 11.9 Å². The van der Waals surface area contributed by atoms with Crippen LogP contribution < -0.4 is 10.6 Å². The average Bonchev–Trinajstić information content (AvgIpc) is 3.37. The van der Waals surface area contributed by atoms with Gasteiger partial charge in [0.25, 0.3) is 0 Å². The summed E-state index contributed by atoms with van der Waals surface area (Å²) in [5, 5.41) is 1.13. The number of fused-ring (bicyclic) bond motifs is 3. The topological polar surface area (TPSA) is 54.5 Å². The highest BCUT2D eigenvalue weighted by Gasteiger charge is 2.34. The first-order chi connectivity index (χ1) is 31.9. The molecule has 7 aromatic carbocycles. The number of allylic oxidation sites excluding steroid dienone is 4. The van der Waals surface area contributed by atoms with Crippen LogP contribution >= 0.6 is 0 Å². The Labute approximate surface area is 383 Å². The second kappa shape index (κ2) is 18.1. The summed E-state index contributed by atoms with van der Waals surface area (Å²) in [5.74, 6) is 1.06. The average molecular weight is 841 g/mol. The van der Waals surface area contributed by atoms with E-state index in [1.54, 1.807) is 0 Å². The van der Waals surface area contributed by atoms with Crippen molar-refractivity contribution < 1.29 is 0 Å².